The van der Waals surface area contributed by atoms with Crippen molar-refractivity contribution in [3.05, 3.63) is 30.3 Å². The van der Waals surface area contributed by atoms with Gasteiger partial charge in [-0.25, -0.2) is 0 Å². The highest BCUT2D eigenvalue weighted by Gasteiger charge is 1.89. The summed E-state index contributed by atoms with van der Waals surface area (Å²) in [6.07, 6.45) is 1.54. The van der Waals surface area contributed by atoms with Gasteiger partial charge in [0.25, 0.3) is 7.28 Å². The van der Waals surface area contributed by atoms with Crippen LogP contribution in [0.3, 0.4) is 0 Å². The summed E-state index contributed by atoms with van der Waals surface area (Å²) in [5.74, 6) is 0. The van der Waals surface area contributed by atoms with E-state index in [0.717, 1.165) is 5.46 Å². The van der Waals surface area contributed by atoms with Crippen LogP contribution in [0.1, 0.15) is 0 Å². The van der Waals surface area contributed by atoms with Crippen molar-refractivity contribution >= 4 is 18.9 Å². The van der Waals surface area contributed by atoms with Gasteiger partial charge in [0.2, 0.25) is 0 Å². The van der Waals surface area contributed by atoms with Crippen LogP contribution >= 0.6 is 0 Å². The van der Waals surface area contributed by atoms with Crippen molar-refractivity contribution in [2.24, 2.45) is 0 Å². The van der Waals surface area contributed by atoms with Gasteiger partial charge in [0.1, 0.15) is 0 Å². The number of benzene rings is 1. The topological polar surface area (TPSA) is 25.6 Å². The monoisotopic (exact) mass is 117 g/mol. The van der Waals surface area contributed by atoms with Gasteiger partial charge in [-0.15, -0.1) is 0 Å². The maximum atomic E-state index is 5.18. The molecule has 1 nitrogen and oxygen atoms in total. The zero-order valence-electron chi connectivity index (χ0n) is 5.12. The molecule has 0 bridgehead atoms. The highest BCUT2D eigenvalue weighted by atomic mass is 14.3. The predicted molar refractivity (Wildman–Crippen MR) is 39.8 cm³/mol. The molecule has 1 rings (SSSR count). The molecule has 9 heavy (non-hydrogen) atoms. The Balaban J connectivity index is 2.72. The standard InChI is InChI=1S/C7H7BN/c9-6-8-7-4-2-1-3-5-7/h1-6,9H/p+1. The Morgan fingerprint density at radius 3 is 2.44 bits per heavy atom. The van der Waals surface area contributed by atoms with Crippen molar-refractivity contribution in [2.75, 3.05) is 0 Å². The molecule has 0 atom stereocenters. The van der Waals surface area contributed by atoms with E-state index in [1.54, 1.807) is 0 Å². The maximum Gasteiger partial charge on any atom is 0.269 e. The summed E-state index contributed by atoms with van der Waals surface area (Å²) in [6, 6.07) is 9.95. The summed E-state index contributed by atoms with van der Waals surface area (Å²) in [5, 5.41) is 5.18. The van der Waals surface area contributed by atoms with Crippen molar-refractivity contribution in [2.45, 2.75) is 0 Å². The highest BCUT2D eigenvalue weighted by Crippen LogP contribution is 1.78. The fourth-order valence-electron chi connectivity index (χ4n) is 0.675. The third-order valence-corrected chi connectivity index (χ3v) is 1.09. The molecule has 0 amide bonds. The minimum atomic E-state index is 1.14. The summed E-state index contributed by atoms with van der Waals surface area (Å²) in [6.45, 7) is 0. The maximum absolute atomic E-state index is 5.18. The molecule has 2 heteroatoms. The Hall–Kier alpha value is -1.05. The van der Waals surface area contributed by atoms with Gasteiger partial charge < -0.3 is 0 Å². The van der Waals surface area contributed by atoms with Crippen LogP contribution in [0, 0.1) is 0 Å². The van der Waals surface area contributed by atoms with E-state index in [0.29, 0.717) is 0 Å². The Morgan fingerprint density at radius 1 is 1.22 bits per heavy atom. The Labute approximate surface area is 55.5 Å². The molecule has 0 saturated carbocycles. The van der Waals surface area contributed by atoms with Crippen LogP contribution in [-0.4, -0.2) is 13.4 Å². The molecule has 0 aliphatic rings. The molecule has 1 radical (unpaired) electrons. The van der Waals surface area contributed by atoms with Crippen molar-refractivity contribution < 1.29 is 5.41 Å². The molecule has 0 saturated heterocycles. The number of hydrogen-bond acceptors (Lipinski definition) is 0. The fourth-order valence-corrected chi connectivity index (χ4v) is 0.675. The molecule has 0 aliphatic heterocycles. The third kappa shape index (κ3) is 1.72. The van der Waals surface area contributed by atoms with E-state index in [9.17, 15) is 0 Å². The van der Waals surface area contributed by atoms with E-state index in [-0.39, 0.29) is 0 Å². The summed E-state index contributed by atoms with van der Waals surface area (Å²) >= 11 is 0. The molecular formula is C7H8BN+. The van der Waals surface area contributed by atoms with Crippen molar-refractivity contribution in [3.8, 4) is 0 Å². The number of rotatable bonds is 2. The lowest BCUT2D eigenvalue weighted by Crippen LogP contribution is -2.36. The lowest BCUT2D eigenvalue weighted by atomic mass is 9.72. The highest BCUT2D eigenvalue weighted by molar-refractivity contribution is 6.78. The largest absolute Gasteiger partial charge is 0.273 e. The molecule has 1 aromatic rings. The summed E-state index contributed by atoms with van der Waals surface area (Å²) in [7, 11) is 1.86. The van der Waals surface area contributed by atoms with Crippen LogP contribution in [0.15, 0.2) is 30.3 Å². The second-order valence-electron chi connectivity index (χ2n) is 1.77. The first-order valence-corrected chi connectivity index (χ1v) is 2.87. The zero-order valence-corrected chi connectivity index (χ0v) is 5.12. The molecule has 0 spiro atoms. The van der Waals surface area contributed by atoms with Gasteiger partial charge in [0.15, 0.2) is 0 Å². The molecule has 2 N–H and O–H groups in total. The number of hydrogen-bond donors (Lipinski definition) is 1. The van der Waals surface area contributed by atoms with Crippen LogP contribution in [0.4, 0.5) is 0 Å². The van der Waals surface area contributed by atoms with Gasteiger partial charge in [0.05, 0.1) is 6.11 Å². The molecular weight excluding hydrogens is 109 g/mol. The number of nitrogens with two attached hydrogens (primary N) is 1. The van der Waals surface area contributed by atoms with Crippen LogP contribution in [0.5, 0.6) is 0 Å². The fraction of sp³-hybridized carbons (Fsp3) is 0. The van der Waals surface area contributed by atoms with Crippen LogP contribution in [0.2, 0.25) is 0 Å². The average Bonchev–Trinajstić information content (AvgIpc) is 1.91. The minimum Gasteiger partial charge on any atom is -0.273 e. The second-order valence-corrected chi connectivity index (χ2v) is 1.77. The van der Waals surface area contributed by atoms with Crippen LogP contribution in [0.25, 0.3) is 0 Å². The van der Waals surface area contributed by atoms with Crippen LogP contribution in [-0.2, 0) is 0 Å². The molecule has 43 valence electrons. The SMILES string of the molecule is [NH2+]=C[B]c1ccccc1. The molecule has 1 aromatic carbocycles. The smallest absolute Gasteiger partial charge is 0.269 e. The average molecular weight is 117 g/mol. The van der Waals surface area contributed by atoms with Crippen LogP contribution < -0.4 is 10.9 Å². The van der Waals surface area contributed by atoms with Crippen molar-refractivity contribution in [1.29, 1.82) is 0 Å². The summed E-state index contributed by atoms with van der Waals surface area (Å²) < 4.78 is 0. The minimum absolute atomic E-state index is 1.14. The van der Waals surface area contributed by atoms with Gasteiger partial charge in [0, 0.05) is 0 Å². The lowest BCUT2D eigenvalue weighted by Gasteiger charge is -1.87. The van der Waals surface area contributed by atoms with Crippen molar-refractivity contribution in [3.63, 3.8) is 0 Å². The lowest BCUT2D eigenvalue weighted by molar-refractivity contribution is -0.101. The molecule has 0 unspecified atom stereocenters. The van der Waals surface area contributed by atoms with E-state index < -0.39 is 0 Å². The summed E-state index contributed by atoms with van der Waals surface area (Å²) in [4.78, 5) is 0. The van der Waals surface area contributed by atoms with Gasteiger partial charge in [-0.3, -0.25) is 5.41 Å². The van der Waals surface area contributed by atoms with E-state index in [4.69, 9.17) is 5.41 Å². The van der Waals surface area contributed by atoms with E-state index >= 15 is 0 Å². The summed E-state index contributed by atoms with van der Waals surface area (Å²) in [5.41, 5.74) is 1.14. The third-order valence-electron chi connectivity index (χ3n) is 1.09. The quantitative estimate of drug-likeness (QED) is 0.372. The van der Waals surface area contributed by atoms with E-state index in [2.05, 4.69) is 0 Å². The molecule has 0 aromatic heterocycles. The first-order valence-electron chi connectivity index (χ1n) is 2.87. The van der Waals surface area contributed by atoms with Crippen molar-refractivity contribution in [1.82, 2.24) is 0 Å². The normalized spacial score (nSPS) is 8.44. The Morgan fingerprint density at radius 2 is 1.89 bits per heavy atom. The predicted octanol–water partition coefficient (Wildman–Crippen LogP) is -1.20. The molecule has 0 fully saturated rings. The Kier molecular flexibility index (Phi) is 2.08. The Bertz CT molecular complexity index is 183. The van der Waals surface area contributed by atoms with Gasteiger partial charge in [-0.2, -0.15) is 0 Å². The van der Waals surface area contributed by atoms with Gasteiger partial charge in [-0.1, -0.05) is 35.8 Å². The first kappa shape index (κ1) is 6.08. The van der Waals surface area contributed by atoms with Gasteiger partial charge in [-0.05, 0) is 0 Å². The zero-order chi connectivity index (χ0) is 6.53. The van der Waals surface area contributed by atoms with E-state index in [1.165, 1.54) is 6.11 Å². The second kappa shape index (κ2) is 3.08. The van der Waals surface area contributed by atoms with Gasteiger partial charge >= 0.3 is 0 Å². The molecule has 0 aliphatic carbocycles. The van der Waals surface area contributed by atoms with E-state index in [1.807, 2.05) is 37.6 Å². The molecule has 0 heterocycles. The first-order chi connectivity index (χ1) is 4.43.